The molecule has 1 N–H and O–H groups in total. The van der Waals surface area contributed by atoms with Crippen LogP contribution < -0.4 is 5.32 Å². The van der Waals surface area contributed by atoms with E-state index in [4.69, 9.17) is 0 Å². The van der Waals surface area contributed by atoms with Gasteiger partial charge < -0.3 is 9.88 Å². The van der Waals surface area contributed by atoms with Crippen molar-refractivity contribution in [1.82, 2.24) is 14.9 Å². The number of aryl methyl sites for hydroxylation is 1. The summed E-state index contributed by atoms with van der Waals surface area (Å²) in [6, 6.07) is 6.66. The van der Waals surface area contributed by atoms with Crippen LogP contribution in [0, 0.1) is 6.92 Å². The van der Waals surface area contributed by atoms with E-state index in [0.717, 1.165) is 25.2 Å². The average molecular weight is 213 g/mol. The molecule has 0 atom stereocenters. The molecule has 3 rings (SSSR count). The van der Waals surface area contributed by atoms with Crippen LogP contribution in [0.4, 0.5) is 0 Å². The zero-order valence-electron chi connectivity index (χ0n) is 9.40. The van der Waals surface area contributed by atoms with Gasteiger partial charge in [-0.1, -0.05) is 6.07 Å². The summed E-state index contributed by atoms with van der Waals surface area (Å²) >= 11 is 0. The van der Waals surface area contributed by atoms with E-state index in [2.05, 4.69) is 39.3 Å². The van der Waals surface area contributed by atoms with Crippen molar-refractivity contribution < 1.29 is 0 Å². The van der Waals surface area contributed by atoms with Crippen LogP contribution in [0.1, 0.15) is 16.8 Å². The number of benzene rings is 1. The first-order valence-electron chi connectivity index (χ1n) is 5.66. The lowest BCUT2D eigenvalue weighted by molar-refractivity contribution is 0.643. The van der Waals surface area contributed by atoms with Crippen molar-refractivity contribution in [2.75, 3.05) is 6.54 Å². The molecule has 3 nitrogen and oxygen atoms in total. The molecule has 0 aliphatic carbocycles. The second-order valence-corrected chi connectivity index (χ2v) is 4.30. The highest BCUT2D eigenvalue weighted by Gasteiger charge is 2.09. The number of imidazole rings is 1. The summed E-state index contributed by atoms with van der Waals surface area (Å²) in [5.74, 6) is 0. The molecular formula is C13H15N3. The number of hydrogen-bond donors (Lipinski definition) is 1. The number of nitrogens with zero attached hydrogens (tertiary/aromatic N) is 2. The molecule has 2 aromatic rings. The molecule has 1 aromatic heterocycles. The summed E-state index contributed by atoms with van der Waals surface area (Å²) in [7, 11) is 0. The molecule has 0 bridgehead atoms. The number of nitrogens with one attached hydrogen (secondary N) is 1. The summed E-state index contributed by atoms with van der Waals surface area (Å²) in [5, 5.41) is 3.40. The summed E-state index contributed by atoms with van der Waals surface area (Å²) in [6.45, 7) is 4.09. The largest absolute Gasteiger partial charge is 0.312 e. The fourth-order valence-corrected chi connectivity index (χ4v) is 2.19. The van der Waals surface area contributed by atoms with E-state index in [1.165, 1.54) is 16.8 Å². The Bertz CT molecular complexity index is 514. The van der Waals surface area contributed by atoms with Gasteiger partial charge in [0.1, 0.15) is 0 Å². The molecule has 0 radical (unpaired) electrons. The molecule has 2 heterocycles. The highest BCUT2D eigenvalue weighted by atomic mass is 15.0. The Hall–Kier alpha value is -1.61. The molecule has 1 aromatic carbocycles. The van der Waals surface area contributed by atoms with Gasteiger partial charge in [-0.05, 0) is 43.1 Å². The number of rotatable bonds is 1. The van der Waals surface area contributed by atoms with Crippen LogP contribution in [0.2, 0.25) is 0 Å². The molecule has 1 aliphatic rings. The van der Waals surface area contributed by atoms with Crippen LogP contribution >= 0.6 is 0 Å². The number of fused-ring (bicyclic) bond motifs is 1. The summed E-state index contributed by atoms with van der Waals surface area (Å²) in [6.07, 6.45) is 5.06. The maximum absolute atomic E-state index is 4.25. The molecule has 0 amide bonds. The molecule has 1 aliphatic heterocycles. The van der Waals surface area contributed by atoms with Gasteiger partial charge in [0.15, 0.2) is 0 Å². The minimum atomic E-state index is 0.983. The third kappa shape index (κ3) is 1.63. The SMILES string of the molecule is Cc1cn(-c2ccc3c(c2)CNCC3)cn1. The van der Waals surface area contributed by atoms with E-state index in [1.807, 2.05) is 13.3 Å². The van der Waals surface area contributed by atoms with Crippen molar-refractivity contribution in [2.24, 2.45) is 0 Å². The van der Waals surface area contributed by atoms with E-state index in [9.17, 15) is 0 Å². The zero-order valence-corrected chi connectivity index (χ0v) is 9.40. The summed E-state index contributed by atoms with van der Waals surface area (Å²) in [4.78, 5) is 4.25. The molecule has 0 saturated carbocycles. The van der Waals surface area contributed by atoms with Crippen LogP contribution in [0.25, 0.3) is 5.69 Å². The van der Waals surface area contributed by atoms with Gasteiger partial charge in [0.2, 0.25) is 0 Å². The maximum Gasteiger partial charge on any atom is 0.0995 e. The Morgan fingerprint density at radius 1 is 1.31 bits per heavy atom. The second-order valence-electron chi connectivity index (χ2n) is 4.30. The Morgan fingerprint density at radius 3 is 3.06 bits per heavy atom. The first-order chi connectivity index (χ1) is 7.83. The van der Waals surface area contributed by atoms with Gasteiger partial charge in [-0.2, -0.15) is 0 Å². The average Bonchev–Trinajstić information content (AvgIpc) is 2.75. The number of aromatic nitrogens is 2. The van der Waals surface area contributed by atoms with E-state index < -0.39 is 0 Å². The molecule has 0 unspecified atom stereocenters. The molecule has 0 saturated heterocycles. The normalized spacial score (nSPS) is 14.8. The summed E-state index contributed by atoms with van der Waals surface area (Å²) < 4.78 is 2.07. The summed E-state index contributed by atoms with van der Waals surface area (Å²) in [5.41, 5.74) is 5.13. The van der Waals surface area contributed by atoms with E-state index in [1.54, 1.807) is 0 Å². The third-order valence-corrected chi connectivity index (χ3v) is 3.09. The van der Waals surface area contributed by atoms with E-state index in [0.29, 0.717) is 0 Å². The van der Waals surface area contributed by atoms with Crippen LogP contribution in [-0.4, -0.2) is 16.1 Å². The Kier molecular flexibility index (Phi) is 2.26. The highest BCUT2D eigenvalue weighted by molar-refractivity contribution is 5.42. The molecule has 0 spiro atoms. The van der Waals surface area contributed by atoms with Crippen molar-refractivity contribution in [3.05, 3.63) is 47.5 Å². The number of hydrogen-bond acceptors (Lipinski definition) is 2. The lowest BCUT2D eigenvalue weighted by atomic mass is 10.0. The third-order valence-electron chi connectivity index (χ3n) is 3.09. The first kappa shape index (κ1) is 9.60. The first-order valence-corrected chi connectivity index (χ1v) is 5.66. The second kappa shape index (κ2) is 3.76. The quantitative estimate of drug-likeness (QED) is 0.783. The van der Waals surface area contributed by atoms with Crippen LogP contribution in [0.15, 0.2) is 30.7 Å². The predicted molar refractivity (Wildman–Crippen MR) is 63.7 cm³/mol. The lowest BCUT2D eigenvalue weighted by Crippen LogP contribution is -2.23. The van der Waals surface area contributed by atoms with Crippen LogP contribution in [-0.2, 0) is 13.0 Å². The smallest absolute Gasteiger partial charge is 0.0995 e. The van der Waals surface area contributed by atoms with Crippen molar-refractivity contribution in [2.45, 2.75) is 19.9 Å². The van der Waals surface area contributed by atoms with Crippen molar-refractivity contribution in [1.29, 1.82) is 0 Å². The van der Waals surface area contributed by atoms with Gasteiger partial charge in [0.25, 0.3) is 0 Å². The predicted octanol–water partition coefficient (Wildman–Crippen LogP) is 1.83. The van der Waals surface area contributed by atoms with Crippen molar-refractivity contribution in [3.63, 3.8) is 0 Å². The fraction of sp³-hybridized carbons (Fsp3) is 0.308. The van der Waals surface area contributed by atoms with Gasteiger partial charge in [-0.15, -0.1) is 0 Å². The minimum Gasteiger partial charge on any atom is -0.312 e. The highest BCUT2D eigenvalue weighted by Crippen LogP contribution is 2.18. The van der Waals surface area contributed by atoms with E-state index in [-0.39, 0.29) is 0 Å². The molecule has 3 heteroatoms. The van der Waals surface area contributed by atoms with E-state index >= 15 is 0 Å². The molecular weight excluding hydrogens is 198 g/mol. The van der Waals surface area contributed by atoms with Crippen LogP contribution in [0.3, 0.4) is 0 Å². The maximum atomic E-state index is 4.25. The van der Waals surface area contributed by atoms with Gasteiger partial charge in [0, 0.05) is 18.4 Å². The standard InChI is InChI=1S/C13H15N3/c1-10-8-16(9-15-10)13-3-2-11-4-5-14-7-12(11)6-13/h2-3,6,8-9,14H,4-5,7H2,1H3. The minimum absolute atomic E-state index is 0.983. The zero-order chi connectivity index (χ0) is 11.0. The van der Waals surface area contributed by atoms with Crippen molar-refractivity contribution >= 4 is 0 Å². The Morgan fingerprint density at radius 2 is 2.25 bits per heavy atom. The molecule has 82 valence electrons. The van der Waals surface area contributed by atoms with Gasteiger partial charge in [-0.25, -0.2) is 4.98 Å². The van der Waals surface area contributed by atoms with Gasteiger partial charge in [-0.3, -0.25) is 0 Å². The van der Waals surface area contributed by atoms with Gasteiger partial charge >= 0.3 is 0 Å². The monoisotopic (exact) mass is 213 g/mol. The Balaban J connectivity index is 2.02. The van der Waals surface area contributed by atoms with Crippen molar-refractivity contribution in [3.8, 4) is 5.69 Å². The fourth-order valence-electron chi connectivity index (χ4n) is 2.19. The molecule has 16 heavy (non-hydrogen) atoms. The lowest BCUT2D eigenvalue weighted by Gasteiger charge is -2.17. The topological polar surface area (TPSA) is 29.9 Å². The molecule has 0 fully saturated rings. The Labute approximate surface area is 95.1 Å². The van der Waals surface area contributed by atoms with Crippen LogP contribution in [0.5, 0.6) is 0 Å². The van der Waals surface area contributed by atoms with Gasteiger partial charge in [0.05, 0.1) is 12.0 Å².